The normalized spacial score (nSPS) is 10.3. The van der Waals surface area contributed by atoms with Gasteiger partial charge in [0.1, 0.15) is 5.75 Å². The predicted molar refractivity (Wildman–Crippen MR) is 60.2 cm³/mol. The highest BCUT2D eigenvalue weighted by Gasteiger charge is 2.03. The number of hydrogen-bond acceptors (Lipinski definition) is 1. The summed E-state index contributed by atoms with van der Waals surface area (Å²) in [6.07, 6.45) is 1.85. The van der Waals surface area contributed by atoms with Gasteiger partial charge in [-0.25, -0.2) is 0 Å². The zero-order valence-electron chi connectivity index (χ0n) is 9.24. The lowest BCUT2D eigenvalue weighted by Crippen LogP contribution is -1.93. The van der Waals surface area contributed by atoms with E-state index in [-0.39, 0.29) is 0 Å². The van der Waals surface area contributed by atoms with E-state index in [1.165, 1.54) is 5.56 Å². The molecule has 2 nitrogen and oxygen atoms in total. The predicted octanol–water partition coefficient (Wildman–Crippen LogP) is 3.23. The van der Waals surface area contributed by atoms with Crippen LogP contribution in [0.5, 0.6) is 11.6 Å². The summed E-state index contributed by atoms with van der Waals surface area (Å²) in [5.41, 5.74) is 2.40. The molecule has 0 spiro atoms. The van der Waals surface area contributed by atoms with Gasteiger partial charge >= 0.3 is 0 Å². The summed E-state index contributed by atoms with van der Waals surface area (Å²) < 4.78 is 7.67. The van der Waals surface area contributed by atoms with E-state index < -0.39 is 0 Å². The van der Waals surface area contributed by atoms with Gasteiger partial charge in [0.25, 0.3) is 0 Å². The lowest BCUT2D eigenvalue weighted by Gasteiger charge is -2.09. The second-order valence-electron chi connectivity index (χ2n) is 3.76. The standard InChI is InChI=1S/C13H14NO/c1-10-6-7-12(11(2)9-10)15-13-5-4-8-14(13)3/h5-9H,1-3H3. The Morgan fingerprint density at radius 3 is 2.67 bits per heavy atom. The first-order valence-corrected chi connectivity index (χ1v) is 4.94. The molecule has 0 unspecified atom stereocenters. The summed E-state index contributed by atoms with van der Waals surface area (Å²) in [5, 5.41) is 0. The molecule has 0 aliphatic carbocycles. The molecule has 1 aromatic carbocycles. The van der Waals surface area contributed by atoms with Crippen molar-refractivity contribution in [2.75, 3.05) is 0 Å². The zero-order chi connectivity index (χ0) is 10.8. The number of rotatable bonds is 2. The summed E-state index contributed by atoms with van der Waals surface area (Å²) in [6, 6.07) is 11.0. The summed E-state index contributed by atoms with van der Waals surface area (Å²) >= 11 is 0. The van der Waals surface area contributed by atoms with Gasteiger partial charge in [-0.2, -0.15) is 0 Å². The zero-order valence-corrected chi connectivity index (χ0v) is 9.24. The van der Waals surface area contributed by atoms with Crippen molar-refractivity contribution in [1.82, 2.24) is 4.57 Å². The number of hydrogen-bond donors (Lipinski definition) is 0. The summed E-state index contributed by atoms with van der Waals surface area (Å²) in [5.74, 6) is 1.71. The van der Waals surface area contributed by atoms with Gasteiger partial charge in [0.15, 0.2) is 5.88 Å². The second-order valence-corrected chi connectivity index (χ2v) is 3.76. The van der Waals surface area contributed by atoms with Crippen molar-refractivity contribution in [1.29, 1.82) is 0 Å². The maximum absolute atomic E-state index is 5.77. The van der Waals surface area contributed by atoms with Crippen molar-refractivity contribution in [3.05, 3.63) is 47.7 Å². The van der Waals surface area contributed by atoms with E-state index in [0.29, 0.717) is 0 Å². The molecule has 0 aliphatic rings. The molecule has 77 valence electrons. The minimum absolute atomic E-state index is 0.807. The number of aryl methyl sites for hydroxylation is 3. The Kier molecular flexibility index (Phi) is 2.50. The Labute approximate surface area is 90.1 Å². The van der Waals surface area contributed by atoms with Crippen molar-refractivity contribution in [3.63, 3.8) is 0 Å². The molecule has 0 saturated carbocycles. The Bertz CT molecular complexity index is 471. The Balaban J connectivity index is 2.29. The molecule has 1 radical (unpaired) electrons. The van der Waals surface area contributed by atoms with Gasteiger partial charge in [-0.3, -0.25) is 0 Å². The smallest absolute Gasteiger partial charge is 0.200 e. The third-order valence-electron chi connectivity index (χ3n) is 2.37. The van der Waals surface area contributed by atoms with Crippen molar-refractivity contribution < 1.29 is 4.74 Å². The van der Waals surface area contributed by atoms with E-state index in [2.05, 4.69) is 32.0 Å². The molecule has 1 aromatic heterocycles. The van der Waals surface area contributed by atoms with E-state index >= 15 is 0 Å². The van der Waals surface area contributed by atoms with E-state index in [1.807, 2.05) is 29.9 Å². The largest absolute Gasteiger partial charge is 0.441 e. The molecule has 0 N–H and O–H groups in total. The molecule has 0 saturated heterocycles. The molecular formula is C13H14NO. The maximum Gasteiger partial charge on any atom is 0.200 e. The van der Waals surface area contributed by atoms with Crippen molar-refractivity contribution >= 4 is 0 Å². The number of benzene rings is 1. The van der Waals surface area contributed by atoms with Gasteiger partial charge in [-0.1, -0.05) is 17.7 Å². The van der Waals surface area contributed by atoms with Gasteiger partial charge < -0.3 is 9.30 Å². The van der Waals surface area contributed by atoms with Crippen LogP contribution in [0.15, 0.2) is 30.5 Å². The van der Waals surface area contributed by atoms with Crippen LogP contribution < -0.4 is 4.74 Å². The monoisotopic (exact) mass is 200 g/mol. The van der Waals surface area contributed by atoms with Crippen molar-refractivity contribution in [2.45, 2.75) is 13.8 Å². The van der Waals surface area contributed by atoms with E-state index in [0.717, 1.165) is 17.2 Å². The van der Waals surface area contributed by atoms with E-state index in [9.17, 15) is 0 Å². The highest BCUT2D eigenvalue weighted by molar-refractivity contribution is 5.38. The molecule has 0 aliphatic heterocycles. The van der Waals surface area contributed by atoms with Crippen LogP contribution in [-0.2, 0) is 7.05 Å². The Hall–Kier alpha value is -1.70. The van der Waals surface area contributed by atoms with Crippen molar-refractivity contribution in [3.8, 4) is 11.6 Å². The van der Waals surface area contributed by atoms with Crippen LogP contribution in [0.2, 0.25) is 0 Å². The van der Waals surface area contributed by atoms with Crippen LogP contribution in [0.25, 0.3) is 0 Å². The molecule has 0 atom stereocenters. The van der Waals surface area contributed by atoms with Crippen LogP contribution in [0.3, 0.4) is 0 Å². The highest BCUT2D eigenvalue weighted by atomic mass is 16.5. The van der Waals surface area contributed by atoms with Crippen molar-refractivity contribution in [2.24, 2.45) is 7.05 Å². The van der Waals surface area contributed by atoms with Crippen LogP contribution in [-0.4, -0.2) is 4.57 Å². The van der Waals surface area contributed by atoms with E-state index in [4.69, 9.17) is 4.74 Å². The van der Waals surface area contributed by atoms with Gasteiger partial charge in [0.05, 0.1) is 0 Å². The van der Waals surface area contributed by atoms with Crippen LogP contribution >= 0.6 is 0 Å². The molecule has 2 aromatic rings. The first kappa shape index (κ1) is 9.84. The number of nitrogens with zero attached hydrogens (tertiary/aromatic N) is 1. The maximum atomic E-state index is 5.77. The average Bonchev–Trinajstić information content (AvgIpc) is 2.57. The molecule has 2 rings (SSSR count). The fourth-order valence-corrected chi connectivity index (χ4v) is 1.51. The molecular weight excluding hydrogens is 186 g/mol. The van der Waals surface area contributed by atoms with Crippen LogP contribution in [0.1, 0.15) is 11.1 Å². The van der Waals surface area contributed by atoms with Crippen LogP contribution in [0.4, 0.5) is 0 Å². The third kappa shape index (κ3) is 2.04. The molecule has 0 fully saturated rings. The van der Waals surface area contributed by atoms with Gasteiger partial charge in [-0.05, 0) is 25.5 Å². The number of aromatic nitrogens is 1. The minimum Gasteiger partial charge on any atom is -0.441 e. The molecule has 1 heterocycles. The third-order valence-corrected chi connectivity index (χ3v) is 2.37. The van der Waals surface area contributed by atoms with Gasteiger partial charge in [-0.15, -0.1) is 0 Å². The lowest BCUT2D eigenvalue weighted by atomic mass is 10.1. The summed E-state index contributed by atoms with van der Waals surface area (Å²) in [4.78, 5) is 0. The molecule has 2 heteroatoms. The first-order chi connectivity index (χ1) is 7.16. The SMILES string of the molecule is Cc1ccc(Oc2c[c]cn2C)c(C)c1. The number of ether oxygens (including phenoxy) is 1. The summed E-state index contributed by atoms with van der Waals surface area (Å²) in [7, 11) is 1.94. The van der Waals surface area contributed by atoms with E-state index in [1.54, 1.807) is 0 Å². The molecule has 0 bridgehead atoms. The second kappa shape index (κ2) is 3.81. The fraction of sp³-hybridized carbons (Fsp3) is 0.231. The molecule has 15 heavy (non-hydrogen) atoms. The van der Waals surface area contributed by atoms with Gasteiger partial charge in [0, 0.05) is 25.4 Å². The van der Waals surface area contributed by atoms with Crippen LogP contribution in [0, 0.1) is 19.9 Å². The average molecular weight is 200 g/mol. The first-order valence-electron chi connectivity index (χ1n) is 4.94. The Morgan fingerprint density at radius 1 is 1.27 bits per heavy atom. The summed E-state index contributed by atoms with van der Waals surface area (Å²) in [6.45, 7) is 4.13. The molecule has 0 amide bonds. The Morgan fingerprint density at radius 2 is 2.07 bits per heavy atom. The highest BCUT2D eigenvalue weighted by Crippen LogP contribution is 2.25. The quantitative estimate of drug-likeness (QED) is 0.726. The fourth-order valence-electron chi connectivity index (χ4n) is 1.51. The minimum atomic E-state index is 0.807. The lowest BCUT2D eigenvalue weighted by molar-refractivity contribution is 0.440. The van der Waals surface area contributed by atoms with Gasteiger partial charge in [0.2, 0.25) is 0 Å². The topological polar surface area (TPSA) is 14.2 Å².